The normalized spacial score (nSPS) is 12.5. The Hall–Kier alpha value is -1.22. The molecule has 0 spiro atoms. The number of halogens is 2. The molecule has 0 fully saturated rings. The molecule has 0 bridgehead atoms. The Labute approximate surface area is 102 Å². The quantitative estimate of drug-likeness (QED) is 0.741. The first-order valence-electron chi connectivity index (χ1n) is 5.88. The van der Waals surface area contributed by atoms with Gasteiger partial charge in [-0.3, -0.25) is 0 Å². The van der Waals surface area contributed by atoms with Crippen LogP contribution in [-0.2, 0) is 0 Å². The van der Waals surface area contributed by atoms with Gasteiger partial charge in [0.1, 0.15) is 11.6 Å². The fraction of sp³-hybridized carbons (Fsp3) is 0.429. The zero-order chi connectivity index (χ0) is 12.8. The van der Waals surface area contributed by atoms with Crippen molar-refractivity contribution >= 4 is 0 Å². The average molecular weight is 239 g/mol. The molecule has 0 heterocycles. The topological polar surface area (TPSA) is 12.0 Å². The van der Waals surface area contributed by atoms with Crippen molar-refractivity contribution in [2.24, 2.45) is 0 Å². The molecule has 0 saturated carbocycles. The van der Waals surface area contributed by atoms with Gasteiger partial charge in [0, 0.05) is 11.6 Å². The molecule has 94 valence electrons. The van der Waals surface area contributed by atoms with Gasteiger partial charge in [-0.15, -0.1) is 6.58 Å². The lowest BCUT2D eigenvalue weighted by Crippen LogP contribution is -2.24. The molecule has 0 aliphatic rings. The van der Waals surface area contributed by atoms with Crippen molar-refractivity contribution in [2.45, 2.75) is 32.7 Å². The van der Waals surface area contributed by atoms with E-state index in [1.165, 1.54) is 18.2 Å². The number of rotatable bonds is 6. The molecule has 0 aliphatic carbocycles. The van der Waals surface area contributed by atoms with Crippen LogP contribution < -0.4 is 5.32 Å². The molecule has 1 atom stereocenters. The van der Waals surface area contributed by atoms with Crippen LogP contribution in [0.4, 0.5) is 8.78 Å². The van der Waals surface area contributed by atoms with Crippen LogP contribution in [-0.4, -0.2) is 6.54 Å². The summed E-state index contributed by atoms with van der Waals surface area (Å²) in [5.74, 6) is -1.00. The Morgan fingerprint density at radius 3 is 2.41 bits per heavy atom. The minimum Gasteiger partial charge on any atom is -0.309 e. The Balaban J connectivity index is 2.98. The fourth-order valence-corrected chi connectivity index (χ4v) is 1.79. The highest BCUT2D eigenvalue weighted by Gasteiger charge is 2.19. The monoisotopic (exact) mass is 239 g/mol. The highest BCUT2D eigenvalue weighted by atomic mass is 19.1. The van der Waals surface area contributed by atoms with E-state index in [0.29, 0.717) is 6.42 Å². The molecule has 1 rings (SSSR count). The summed E-state index contributed by atoms with van der Waals surface area (Å²) in [4.78, 5) is 0. The summed E-state index contributed by atoms with van der Waals surface area (Å²) in [6.45, 7) is 8.41. The second-order valence-corrected chi connectivity index (χ2v) is 4.30. The molecule has 0 amide bonds. The summed E-state index contributed by atoms with van der Waals surface area (Å²) in [6.07, 6.45) is 1.46. The van der Waals surface area contributed by atoms with E-state index >= 15 is 0 Å². The Morgan fingerprint density at radius 1 is 1.35 bits per heavy atom. The van der Waals surface area contributed by atoms with E-state index in [0.717, 1.165) is 18.5 Å². The molecular weight excluding hydrogens is 220 g/mol. The number of hydrogen-bond acceptors (Lipinski definition) is 1. The van der Waals surface area contributed by atoms with E-state index in [-0.39, 0.29) is 11.6 Å². The van der Waals surface area contributed by atoms with Crippen molar-refractivity contribution in [2.75, 3.05) is 6.54 Å². The number of nitrogens with one attached hydrogen (secondary N) is 1. The minimum atomic E-state index is -0.500. The maximum atomic E-state index is 13.7. The molecule has 17 heavy (non-hydrogen) atoms. The van der Waals surface area contributed by atoms with Gasteiger partial charge in [-0.1, -0.05) is 18.6 Å². The van der Waals surface area contributed by atoms with Gasteiger partial charge in [0.25, 0.3) is 0 Å². The van der Waals surface area contributed by atoms with Crippen molar-refractivity contribution in [3.8, 4) is 0 Å². The maximum absolute atomic E-state index is 13.7. The molecule has 1 aromatic rings. The van der Waals surface area contributed by atoms with Crippen molar-refractivity contribution in [1.82, 2.24) is 5.32 Å². The third-order valence-electron chi connectivity index (χ3n) is 2.54. The van der Waals surface area contributed by atoms with Crippen LogP contribution in [0.3, 0.4) is 0 Å². The van der Waals surface area contributed by atoms with Crippen molar-refractivity contribution in [3.05, 3.63) is 47.5 Å². The van der Waals surface area contributed by atoms with E-state index in [2.05, 4.69) is 11.9 Å². The van der Waals surface area contributed by atoms with E-state index in [1.54, 1.807) is 0 Å². The zero-order valence-corrected chi connectivity index (χ0v) is 10.4. The fourth-order valence-electron chi connectivity index (χ4n) is 1.79. The lowest BCUT2D eigenvalue weighted by Gasteiger charge is -2.20. The van der Waals surface area contributed by atoms with Crippen molar-refractivity contribution < 1.29 is 8.78 Å². The van der Waals surface area contributed by atoms with Gasteiger partial charge in [0.2, 0.25) is 0 Å². The van der Waals surface area contributed by atoms with Crippen LogP contribution in [0.5, 0.6) is 0 Å². The molecule has 0 aromatic heterocycles. The summed E-state index contributed by atoms with van der Waals surface area (Å²) < 4.78 is 27.3. The molecule has 1 unspecified atom stereocenters. The third-order valence-corrected chi connectivity index (χ3v) is 2.54. The minimum absolute atomic E-state index is 0.115. The largest absolute Gasteiger partial charge is 0.309 e. The first-order chi connectivity index (χ1) is 8.06. The molecule has 0 aliphatic heterocycles. The zero-order valence-electron chi connectivity index (χ0n) is 10.4. The lowest BCUT2D eigenvalue weighted by molar-refractivity contribution is 0.464. The SMILES string of the molecule is C=C(C)CC(NCCC)c1c(F)cccc1F. The smallest absolute Gasteiger partial charge is 0.130 e. The molecule has 1 N–H and O–H groups in total. The maximum Gasteiger partial charge on any atom is 0.130 e. The van der Waals surface area contributed by atoms with Gasteiger partial charge >= 0.3 is 0 Å². The summed E-state index contributed by atoms with van der Waals surface area (Å²) in [5, 5.41) is 3.16. The van der Waals surface area contributed by atoms with Gasteiger partial charge in [-0.25, -0.2) is 8.78 Å². The van der Waals surface area contributed by atoms with Crippen LogP contribution in [0.2, 0.25) is 0 Å². The first-order valence-corrected chi connectivity index (χ1v) is 5.88. The van der Waals surface area contributed by atoms with Crippen LogP contribution in [0.15, 0.2) is 30.4 Å². The number of benzene rings is 1. The highest BCUT2D eigenvalue weighted by molar-refractivity contribution is 5.24. The van der Waals surface area contributed by atoms with Gasteiger partial charge in [0.15, 0.2) is 0 Å². The molecule has 0 saturated heterocycles. The molecular formula is C14H19F2N. The standard InChI is InChI=1S/C14H19F2N/c1-4-8-17-13(9-10(2)3)14-11(15)6-5-7-12(14)16/h5-7,13,17H,2,4,8-9H2,1,3H3. The molecule has 3 heteroatoms. The predicted molar refractivity (Wildman–Crippen MR) is 66.8 cm³/mol. The van der Waals surface area contributed by atoms with Gasteiger partial charge in [0.05, 0.1) is 0 Å². The number of hydrogen-bond donors (Lipinski definition) is 1. The van der Waals surface area contributed by atoms with Gasteiger partial charge < -0.3 is 5.32 Å². The van der Waals surface area contributed by atoms with Crippen LogP contribution in [0.25, 0.3) is 0 Å². The molecule has 1 nitrogen and oxygen atoms in total. The van der Waals surface area contributed by atoms with Gasteiger partial charge in [-0.05, 0) is 38.4 Å². The highest BCUT2D eigenvalue weighted by Crippen LogP contribution is 2.25. The Kier molecular flexibility index (Phi) is 5.29. The molecule has 0 radical (unpaired) electrons. The summed E-state index contributed by atoms with van der Waals surface area (Å²) in [6, 6.07) is 3.62. The van der Waals surface area contributed by atoms with E-state index in [4.69, 9.17) is 0 Å². The molecule has 1 aromatic carbocycles. The third kappa shape index (κ3) is 3.93. The average Bonchev–Trinajstić information content (AvgIpc) is 2.24. The Bertz CT molecular complexity index is 368. The van der Waals surface area contributed by atoms with Crippen molar-refractivity contribution in [1.29, 1.82) is 0 Å². The van der Waals surface area contributed by atoms with Gasteiger partial charge in [-0.2, -0.15) is 0 Å². The second-order valence-electron chi connectivity index (χ2n) is 4.30. The van der Waals surface area contributed by atoms with E-state index in [1.807, 2.05) is 13.8 Å². The van der Waals surface area contributed by atoms with E-state index < -0.39 is 11.6 Å². The van der Waals surface area contributed by atoms with Crippen LogP contribution >= 0.6 is 0 Å². The first kappa shape index (κ1) is 13.8. The second kappa shape index (κ2) is 6.50. The van der Waals surface area contributed by atoms with Crippen molar-refractivity contribution in [3.63, 3.8) is 0 Å². The lowest BCUT2D eigenvalue weighted by atomic mass is 9.99. The summed E-state index contributed by atoms with van der Waals surface area (Å²) in [7, 11) is 0. The summed E-state index contributed by atoms with van der Waals surface area (Å²) >= 11 is 0. The summed E-state index contributed by atoms with van der Waals surface area (Å²) in [5.41, 5.74) is 1.02. The van der Waals surface area contributed by atoms with Crippen LogP contribution in [0, 0.1) is 11.6 Å². The van der Waals surface area contributed by atoms with E-state index in [9.17, 15) is 8.78 Å². The Morgan fingerprint density at radius 2 is 1.94 bits per heavy atom. The predicted octanol–water partition coefficient (Wildman–Crippen LogP) is 3.97. The van der Waals surface area contributed by atoms with Crippen LogP contribution in [0.1, 0.15) is 38.3 Å².